The molecule has 212 valence electrons. The number of hydrogen-bond donors (Lipinski definition) is 4. The molecule has 7 nitrogen and oxygen atoms in total. The summed E-state index contributed by atoms with van der Waals surface area (Å²) in [4.78, 5) is 1.86. The lowest BCUT2D eigenvalue weighted by Gasteiger charge is -2.17. The Bertz CT molecular complexity index is 699. The average molecular weight is 532 g/mol. The monoisotopic (exact) mass is 531 g/mol. The summed E-state index contributed by atoms with van der Waals surface area (Å²) in [6.07, 6.45) is 19.1. The van der Waals surface area contributed by atoms with E-state index >= 15 is 0 Å². The normalized spacial score (nSPS) is 11.5. The van der Waals surface area contributed by atoms with Crippen LogP contribution < -0.4 is 0 Å². The second-order valence-electron chi connectivity index (χ2n) is 9.44. The number of rotatable bonds is 22. The summed E-state index contributed by atoms with van der Waals surface area (Å²) in [6.45, 7) is 4.02. The Kier molecular flexibility index (Phi) is 23.6. The molecule has 0 unspecified atom stereocenters. The van der Waals surface area contributed by atoms with Crippen LogP contribution in [-0.2, 0) is 16.5 Å². The number of benzene rings is 1. The van der Waals surface area contributed by atoms with Crippen molar-refractivity contribution in [3.63, 3.8) is 0 Å². The van der Waals surface area contributed by atoms with Crippen LogP contribution in [0.4, 0.5) is 0 Å². The van der Waals surface area contributed by atoms with Crippen molar-refractivity contribution in [2.45, 2.75) is 108 Å². The van der Waals surface area contributed by atoms with Crippen LogP contribution in [0.5, 0.6) is 0 Å². The van der Waals surface area contributed by atoms with Gasteiger partial charge in [-0.05, 0) is 24.5 Å². The molecule has 1 aromatic rings. The van der Waals surface area contributed by atoms with Crippen LogP contribution in [-0.4, -0.2) is 72.6 Å². The highest BCUT2D eigenvalue weighted by molar-refractivity contribution is 7.85. The number of aryl methyl sites for hydroxylation is 1. The minimum atomic E-state index is -4.10. The lowest BCUT2D eigenvalue weighted by Crippen LogP contribution is -2.32. The number of unbranched alkanes of at least 4 members (excludes halogenated alkanes) is 13. The summed E-state index contributed by atoms with van der Waals surface area (Å²) in [7, 11) is -4.10. The highest BCUT2D eigenvalue weighted by Gasteiger charge is 2.13. The molecule has 8 heteroatoms. The molecule has 0 spiro atoms. The van der Waals surface area contributed by atoms with Crippen LogP contribution in [0.15, 0.2) is 29.2 Å². The first-order valence-corrected chi connectivity index (χ1v) is 15.4. The number of aliphatic hydroxyl groups is 3. The van der Waals surface area contributed by atoms with E-state index in [2.05, 4.69) is 6.92 Å². The zero-order valence-electron chi connectivity index (χ0n) is 22.6. The van der Waals surface area contributed by atoms with Crippen molar-refractivity contribution in [3.8, 4) is 0 Å². The molecule has 1 rings (SSSR count). The number of nitrogens with zero attached hydrogens (tertiary/aromatic N) is 1. The Morgan fingerprint density at radius 2 is 1.03 bits per heavy atom. The summed E-state index contributed by atoms with van der Waals surface area (Å²) in [5.74, 6) is 0. The molecule has 0 saturated heterocycles. The standard InChI is InChI=1S/C22H38O3S.C6H15NO3/c1-2-3-4-5-6-7-8-9-10-11-12-13-14-15-18-21-19-16-17-20-22(21)26(23,24)25;8-4-1-7(2-5-9)3-6-10/h16-17,19-20H,2-15,18H2,1H3,(H,23,24,25);8-10H,1-6H2. The fourth-order valence-corrected chi connectivity index (χ4v) is 4.98. The molecular weight excluding hydrogens is 478 g/mol. The van der Waals surface area contributed by atoms with Crippen LogP contribution in [0, 0.1) is 0 Å². The van der Waals surface area contributed by atoms with Gasteiger partial charge in [0.15, 0.2) is 0 Å². The lowest BCUT2D eigenvalue weighted by molar-refractivity contribution is 0.136. The van der Waals surface area contributed by atoms with Gasteiger partial charge in [-0.2, -0.15) is 8.42 Å². The molecule has 0 heterocycles. The first-order valence-electron chi connectivity index (χ1n) is 14.0. The fourth-order valence-electron chi connectivity index (χ4n) is 4.23. The van der Waals surface area contributed by atoms with Crippen LogP contribution in [0.3, 0.4) is 0 Å². The summed E-state index contributed by atoms with van der Waals surface area (Å²) < 4.78 is 32.0. The number of hydrogen-bond acceptors (Lipinski definition) is 6. The Morgan fingerprint density at radius 3 is 1.42 bits per heavy atom. The minimum absolute atomic E-state index is 0.0645. The third-order valence-corrected chi connectivity index (χ3v) is 7.25. The molecule has 0 atom stereocenters. The van der Waals surface area contributed by atoms with Gasteiger partial charge < -0.3 is 15.3 Å². The summed E-state index contributed by atoms with van der Waals surface area (Å²) >= 11 is 0. The predicted molar refractivity (Wildman–Crippen MR) is 148 cm³/mol. The SMILES string of the molecule is CCCCCCCCCCCCCCCCc1ccccc1S(=O)(=O)O.OCCN(CCO)CCO. The zero-order valence-corrected chi connectivity index (χ0v) is 23.4. The van der Waals surface area contributed by atoms with Crippen LogP contribution >= 0.6 is 0 Å². The summed E-state index contributed by atoms with van der Waals surface area (Å²) in [5, 5.41) is 25.5. The largest absolute Gasteiger partial charge is 0.395 e. The first kappa shape index (κ1) is 35.0. The van der Waals surface area contributed by atoms with Crippen molar-refractivity contribution in [1.82, 2.24) is 4.90 Å². The van der Waals surface area contributed by atoms with Crippen molar-refractivity contribution >= 4 is 10.1 Å². The van der Waals surface area contributed by atoms with E-state index in [0.29, 0.717) is 26.1 Å². The first-order chi connectivity index (χ1) is 17.4. The fraction of sp³-hybridized carbons (Fsp3) is 0.786. The van der Waals surface area contributed by atoms with Crippen LogP contribution in [0.25, 0.3) is 0 Å². The van der Waals surface area contributed by atoms with E-state index in [4.69, 9.17) is 15.3 Å². The van der Waals surface area contributed by atoms with Gasteiger partial charge in [-0.25, -0.2) is 0 Å². The van der Waals surface area contributed by atoms with Crippen molar-refractivity contribution < 1.29 is 28.3 Å². The molecule has 0 aliphatic rings. The van der Waals surface area contributed by atoms with Crippen molar-refractivity contribution in [1.29, 1.82) is 0 Å². The molecular formula is C28H53NO6S. The maximum Gasteiger partial charge on any atom is 0.294 e. The molecule has 0 aromatic heterocycles. The van der Waals surface area contributed by atoms with Crippen molar-refractivity contribution in [3.05, 3.63) is 29.8 Å². The van der Waals surface area contributed by atoms with Crippen LogP contribution in [0.2, 0.25) is 0 Å². The average Bonchev–Trinajstić information content (AvgIpc) is 2.85. The Hall–Kier alpha value is -1.03. The molecule has 36 heavy (non-hydrogen) atoms. The molecule has 1 aromatic carbocycles. The Morgan fingerprint density at radius 1 is 0.639 bits per heavy atom. The van der Waals surface area contributed by atoms with E-state index in [1.54, 1.807) is 17.0 Å². The summed E-state index contributed by atoms with van der Waals surface area (Å²) in [5.41, 5.74) is 0.730. The second kappa shape index (κ2) is 24.3. The molecule has 0 radical (unpaired) electrons. The molecule has 0 saturated carbocycles. The Labute approximate surface area is 220 Å². The highest BCUT2D eigenvalue weighted by Crippen LogP contribution is 2.18. The maximum atomic E-state index is 11.4. The van der Waals surface area contributed by atoms with Gasteiger partial charge in [-0.1, -0.05) is 109 Å². The number of aliphatic hydroxyl groups excluding tert-OH is 3. The topological polar surface area (TPSA) is 118 Å². The van der Waals surface area contributed by atoms with Gasteiger partial charge in [-0.15, -0.1) is 0 Å². The zero-order chi connectivity index (χ0) is 26.9. The van der Waals surface area contributed by atoms with E-state index in [1.165, 1.54) is 83.1 Å². The third kappa shape index (κ3) is 20.1. The van der Waals surface area contributed by atoms with Gasteiger partial charge in [-0.3, -0.25) is 9.45 Å². The van der Waals surface area contributed by atoms with Gasteiger partial charge in [0.25, 0.3) is 10.1 Å². The molecule has 0 amide bonds. The predicted octanol–water partition coefficient (Wildman–Crippen LogP) is 5.22. The van der Waals surface area contributed by atoms with Gasteiger partial charge in [0, 0.05) is 19.6 Å². The lowest BCUT2D eigenvalue weighted by atomic mass is 10.0. The van der Waals surface area contributed by atoms with Crippen molar-refractivity contribution in [2.24, 2.45) is 0 Å². The molecule has 4 N–H and O–H groups in total. The van der Waals surface area contributed by atoms with Crippen molar-refractivity contribution in [2.75, 3.05) is 39.5 Å². The molecule has 0 aliphatic heterocycles. The van der Waals surface area contributed by atoms with E-state index in [-0.39, 0.29) is 24.7 Å². The van der Waals surface area contributed by atoms with E-state index in [1.807, 2.05) is 6.07 Å². The smallest absolute Gasteiger partial charge is 0.294 e. The van der Waals surface area contributed by atoms with E-state index in [0.717, 1.165) is 18.4 Å². The minimum Gasteiger partial charge on any atom is -0.395 e. The quantitative estimate of drug-likeness (QED) is 0.120. The highest BCUT2D eigenvalue weighted by atomic mass is 32.2. The van der Waals surface area contributed by atoms with Gasteiger partial charge >= 0.3 is 0 Å². The van der Waals surface area contributed by atoms with Gasteiger partial charge in [0.2, 0.25) is 0 Å². The van der Waals surface area contributed by atoms with E-state index in [9.17, 15) is 13.0 Å². The van der Waals surface area contributed by atoms with Crippen LogP contribution in [0.1, 0.15) is 102 Å². The maximum absolute atomic E-state index is 11.4. The van der Waals surface area contributed by atoms with E-state index < -0.39 is 10.1 Å². The van der Waals surface area contributed by atoms with Gasteiger partial charge in [0.05, 0.1) is 24.7 Å². The summed E-state index contributed by atoms with van der Waals surface area (Å²) in [6, 6.07) is 6.76. The second-order valence-corrected chi connectivity index (χ2v) is 10.8. The Balaban J connectivity index is 0.00000103. The molecule has 0 bridgehead atoms. The van der Waals surface area contributed by atoms with Gasteiger partial charge in [0.1, 0.15) is 0 Å². The molecule has 0 aliphatic carbocycles. The third-order valence-electron chi connectivity index (χ3n) is 6.30. The molecule has 0 fully saturated rings.